The van der Waals surface area contributed by atoms with Gasteiger partial charge >= 0.3 is 0 Å². The summed E-state index contributed by atoms with van der Waals surface area (Å²) in [5.74, 6) is 1.43. The standard InChI is InChI=1S/C9H17NS/c1-6(2)8-9(7(3)4)11-5-10-8/h5-9H,1-4H3. The lowest BCUT2D eigenvalue weighted by molar-refractivity contribution is 0.429. The molecule has 0 fully saturated rings. The van der Waals surface area contributed by atoms with Gasteiger partial charge in [-0.25, -0.2) is 0 Å². The topological polar surface area (TPSA) is 12.4 Å². The van der Waals surface area contributed by atoms with E-state index < -0.39 is 0 Å². The van der Waals surface area contributed by atoms with Gasteiger partial charge in [0.05, 0.1) is 11.6 Å². The largest absolute Gasteiger partial charge is 0.282 e. The third-order valence-electron chi connectivity index (χ3n) is 2.13. The summed E-state index contributed by atoms with van der Waals surface area (Å²) in [5.41, 5.74) is 2.02. The second kappa shape index (κ2) is 3.61. The van der Waals surface area contributed by atoms with Gasteiger partial charge in [-0.1, -0.05) is 27.7 Å². The van der Waals surface area contributed by atoms with E-state index in [1.165, 1.54) is 0 Å². The first-order valence-corrected chi connectivity index (χ1v) is 5.24. The Morgan fingerprint density at radius 2 is 1.82 bits per heavy atom. The van der Waals surface area contributed by atoms with Crippen LogP contribution in [0.4, 0.5) is 0 Å². The van der Waals surface area contributed by atoms with Crippen molar-refractivity contribution in [1.29, 1.82) is 0 Å². The predicted octanol–water partition coefficient (Wildman–Crippen LogP) is 2.81. The van der Waals surface area contributed by atoms with Crippen LogP contribution in [0.15, 0.2) is 4.99 Å². The number of nitrogens with zero attached hydrogens (tertiary/aromatic N) is 1. The van der Waals surface area contributed by atoms with E-state index in [4.69, 9.17) is 0 Å². The highest BCUT2D eigenvalue weighted by atomic mass is 32.2. The summed E-state index contributed by atoms with van der Waals surface area (Å²) in [6, 6.07) is 0.556. The molecule has 0 aliphatic carbocycles. The Labute approximate surface area is 73.7 Å². The highest BCUT2D eigenvalue weighted by Gasteiger charge is 2.29. The van der Waals surface area contributed by atoms with E-state index in [1.54, 1.807) is 0 Å². The fourth-order valence-corrected chi connectivity index (χ4v) is 2.66. The monoisotopic (exact) mass is 171 g/mol. The molecule has 64 valence electrons. The molecule has 11 heavy (non-hydrogen) atoms. The van der Waals surface area contributed by atoms with Gasteiger partial charge in [0.25, 0.3) is 0 Å². The van der Waals surface area contributed by atoms with Crippen LogP contribution in [0.3, 0.4) is 0 Å². The lowest BCUT2D eigenvalue weighted by atomic mass is 9.95. The van der Waals surface area contributed by atoms with E-state index in [-0.39, 0.29) is 0 Å². The molecule has 1 heterocycles. The van der Waals surface area contributed by atoms with Crippen LogP contribution in [-0.2, 0) is 0 Å². The first-order valence-electron chi connectivity index (χ1n) is 4.30. The number of hydrogen-bond donors (Lipinski definition) is 0. The van der Waals surface area contributed by atoms with Crippen molar-refractivity contribution >= 4 is 17.3 Å². The zero-order valence-electron chi connectivity index (χ0n) is 7.74. The molecule has 1 aliphatic rings. The maximum atomic E-state index is 4.48. The van der Waals surface area contributed by atoms with Crippen molar-refractivity contribution in [3.8, 4) is 0 Å². The molecule has 0 saturated carbocycles. The van der Waals surface area contributed by atoms with Crippen molar-refractivity contribution in [2.24, 2.45) is 16.8 Å². The van der Waals surface area contributed by atoms with Crippen LogP contribution >= 0.6 is 11.8 Å². The molecule has 0 bridgehead atoms. The van der Waals surface area contributed by atoms with Crippen molar-refractivity contribution < 1.29 is 0 Å². The molecule has 0 spiro atoms. The molecule has 0 saturated heterocycles. The number of aliphatic imine (C=N–C) groups is 1. The molecule has 1 rings (SSSR count). The molecule has 0 aromatic heterocycles. The Bertz CT molecular complexity index is 152. The number of rotatable bonds is 2. The molecule has 2 unspecified atom stereocenters. The minimum absolute atomic E-state index is 0.556. The molecular weight excluding hydrogens is 154 g/mol. The van der Waals surface area contributed by atoms with Gasteiger partial charge in [0, 0.05) is 5.25 Å². The van der Waals surface area contributed by atoms with Crippen molar-refractivity contribution in [1.82, 2.24) is 0 Å². The Balaban J connectivity index is 2.56. The van der Waals surface area contributed by atoms with Crippen LogP contribution in [0.25, 0.3) is 0 Å². The molecule has 1 aliphatic heterocycles. The lowest BCUT2D eigenvalue weighted by Gasteiger charge is -2.23. The van der Waals surface area contributed by atoms with Gasteiger partial charge in [0.2, 0.25) is 0 Å². The zero-order chi connectivity index (χ0) is 8.43. The van der Waals surface area contributed by atoms with E-state index in [1.807, 2.05) is 17.3 Å². The van der Waals surface area contributed by atoms with Gasteiger partial charge in [-0.15, -0.1) is 11.8 Å². The summed E-state index contributed by atoms with van der Waals surface area (Å²) in [6.07, 6.45) is 0. The molecule has 0 N–H and O–H groups in total. The van der Waals surface area contributed by atoms with Crippen LogP contribution in [0.2, 0.25) is 0 Å². The summed E-state index contributed by atoms with van der Waals surface area (Å²) in [6.45, 7) is 9.07. The van der Waals surface area contributed by atoms with Crippen molar-refractivity contribution in [2.75, 3.05) is 0 Å². The summed E-state index contributed by atoms with van der Waals surface area (Å²) in [7, 11) is 0. The Morgan fingerprint density at radius 1 is 1.18 bits per heavy atom. The normalized spacial score (nSPS) is 30.7. The Kier molecular flexibility index (Phi) is 2.99. The maximum Gasteiger partial charge on any atom is 0.0653 e. The van der Waals surface area contributed by atoms with Crippen molar-refractivity contribution in [3.05, 3.63) is 0 Å². The van der Waals surface area contributed by atoms with Gasteiger partial charge < -0.3 is 0 Å². The summed E-state index contributed by atoms with van der Waals surface area (Å²) < 4.78 is 0. The molecule has 2 heteroatoms. The number of thioether (sulfide) groups is 1. The molecular formula is C9H17NS. The average Bonchev–Trinajstić information content (AvgIpc) is 2.32. The Morgan fingerprint density at radius 3 is 2.18 bits per heavy atom. The third-order valence-corrected chi connectivity index (χ3v) is 3.51. The van der Waals surface area contributed by atoms with Gasteiger partial charge in [0.1, 0.15) is 0 Å². The van der Waals surface area contributed by atoms with Crippen LogP contribution < -0.4 is 0 Å². The highest BCUT2D eigenvalue weighted by molar-refractivity contribution is 8.12. The van der Waals surface area contributed by atoms with E-state index in [2.05, 4.69) is 32.7 Å². The molecule has 0 aromatic rings. The predicted molar refractivity (Wildman–Crippen MR) is 53.3 cm³/mol. The van der Waals surface area contributed by atoms with Crippen molar-refractivity contribution in [3.63, 3.8) is 0 Å². The highest BCUT2D eigenvalue weighted by Crippen LogP contribution is 2.32. The van der Waals surface area contributed by atoms with E-state index in [0.717, 1.165) is 11.2 Å². The second-order valence-electron chi connectivity index (χ2n) is 3.83. The van der Waals surface area contributed by atoms with Crippen LogP contribution in [0, 0.1) is 11.8 Å². The molecule has 1 nitrogen and oxygen atoms in total. The van der Waals surface area contributed by atoms with Gasteiger partial charge in [-0.05, 0) is 11.8 Å². The maximum absolute atomic E-state index is 4.48. The first-order chi connectivity index (χ1) is 5.13. The van der Waals surface area contributed by atoms with E-state index in [9.17, 15) is 0 Å². The smallest absolute Gasteiger partial charge is 0.0653 e. The van der Waals surface area contributed by atoms with Crippen LogP contribution in [0.1, 0.15) is 27.7 Å². The second-order valence-corrected chi connectivity index (χ2v) is 4.86. The van der Waals surface area contributed by atoms with Gasteiger partial charge in [-0.3, -0.25) is 4.99 Å². The third kappa shape index (κ3) is 1.98. The minimum Gasteiger partial charge on any atom is -0.282 e. The SMILES string of the molecule is CC(C)C1N=CSC1C(C)C. The fourth-order valence-electron chi connectivity index (χ4n) is 1.44. The van der Waals surface area contributed by atoms with E-state index >= 15 is 0 Å². The number of hydrogen-bond acceptors (Lipinski definition) is 2. The van der Waals surface area contributed by atoms with Crippen LogP contribution in [0.5, 0.6) is 0 Å². The summed E-state index contributed by atoms with van der Waals surface area (Å²) in [4.78, 5) is 4.48. The molecule has 0 radical (unpaired) electrons. The summed E-state index contributed by atoms with van der Waals surface area (Å²) >= 11 is 1.90. The first kappa shape index (κ1) is 9.11. The van der Waals surface area contributed by atoms with E-state index in [0.29, 0.717) is 12.0 Å². The average molecular weight is 171 g/mol. The Hall–Kier alpha value is 0.0200. The van der Waals surface area contributed by atoms with Gasteiger partial charge in [-0.2, -0.15) is 0 Å². The zero-order valence-corrected chi connectivity index (χ0v) is 8.56. The molecule has 0 aromatic carbocycles. The lowest BCUT2D eigenvalue weighted by Crippen LogP contribution is -2.27. The summed E-state index contributed by atoms with van der Waals surface area (Å²) in [5, 5.41) is 0.718. The molecule has 2 atom stereocenters. The quantitative estimate of drug-likeness (QED) is 0.622. The minimum atomic E-state index is 0.556. The fraction of sp³-hybridized carbons (Fsp3) is 0.889. The van der Waals surface area contributed by atoms with Crippen molar-refractivity contribution in [2.45, 2.75) is 39.0 Å². The van der Waals surface area contributed by atoms with Gasteiger partial charge in [0.15, 0.2) is 0 Å². The van der Waals surface area contributed by atoms with Crippen LogP contribution in [-0.4, -0.2) is 16.8 Å². The molecule has 0 amide bonds.